The zero-order valence-corrected chi connectivity index (χ0v) is 18.3. The second kappa shape index (κ2) is 8.65. The van der Waals surface area contributed by atoms with E-state index in [2.05, 4.69) is 10.3 Å². The lowest BCUT2D eigenvalue weighted by Gasteiger charge is -2.22. The number of benzene rings is 2. The highest BCUT2D eigenvalue weighted by molar-refractivity contribution is 7.93. The molecule has 0 saturated heterocycles. The molecule has 1 amide bonds. The Morgan fingerprint density at radius 2 is 1.94 bits per heavy atom. The average molecular weight is 499 g/mol. The van der Waals surface area contributed by atoms with E-state index in [0.29, 0.717) is 5.01 Å². The van der Waals surface area contributed by atoms with Crippen molar-refractivity contribution in [2.45, 2.75) is 17.7 Å². The van der Waals surface area contributed by atoms with Crippen LogP contribution in [0.1, 0.15) is 21.1 Å². The third kappa shape index (κ3) is 4.65. The number of hydrogen-bond acceptors (Lipinski definition) is 7. The second-order valence-electron chi connectivity index (χ2n) is 6.87. The maximum absolute atomic E-state index is 13.3. The molecule has 2 heterocycles. The van der Waals surface area contributed by atoms with Crippen LogP contribution < -0.4 is 14.4 Å². The topological polar surface area (TPSA) is 109 Å². The number of aliphatic hydroxyl groups excluding tert-OH is 1. The number of fused-ring (bicyclic) bond motifs is 1. The molecule has 33 heavy (non-hydrogen) atoms. The van der Waals surface area contributed by atoms with E-state index in [1.165, 1.54) is 23.6 Å². The number of sulfonamides is 1. The van der Waals surface area contributed by atoms with Crippen molar-refractivity contribution in [1.82, 2.24) is 4.98 Å². The van der Waals surface area contributed by atoms with Crippen molar-refractivity contribution in [1.29, 1.82) is 0 Å². The van der Waals surface area contributed by atoms with Crippen LogP contribution in [-0.4, -0.2) is 37.6 Å². The van der Waals surface area contributed by atoms with E-state index in [0.717, 1.165) is 39.9 Å². The number of anilines is 2. The number of alkyl halides is 3. The van der Waals surface area contributed by atoms with Gasteiger partial charge >= 0.3 is 6.18 Å². The lowest BCUT2D eigenvalue weighted by atomic mass is 10.2. The molecule has 0 bridgehead atoms. The Labute approximate surface area is 190 Å². The summed E-state index contributed by atoms with van der Waals surface area (Å²) < 4.78 is 71.7. The number of halogens is 3. The highest BCUT2D eigenvalue weighted by atomic mass is 32.2. The number of rotatable bonds is 4. The Kier molecular flexibility index (Phi) is 6.03. The fourth-order valence-corrected chi connectivity index (χ4v) is 5.39. The highest BCUT2D eigenvalue weighted by Gasteiger charge is 2.34. The van der Waals surface area contributed by atoms with Gasteiger partial charge in [-0.15, -0.1) is 11.3 Å². The van der Waals surface area contributed by atoms with Crippen molar-refractivity contribution in [3.8, 4) is 5.75 Å². The van der Waals surface area contributed by atoms with E-state index in [1.807, 2.05) is 0 Å². The van der Waals surface area contributed by atoms with E-state index in [9.17, 15) is 26.4 Å². The molecular formula is C20H16F3N3O5S2. The van der Waals surface area contributed by atoms with Crippen LogP contribution in [0.5, 0.6) is 5.75 Å². The number of aliphatic hydroxyl groups is 1. The van der Waals surface area contributed by atoms with Gasteiger partial charge in [0.1, 0.15) is 28.0 Å². The van der Waals surface area contributed by atoms with Crippen LogP contribution in [0.25, 0.3) is 0 Å². The maximum Gasteiger partial charge on any atom is 0.416 e. The molecule has 1 aliphatic heterocycles. The summed E-state index contributed by atoms with van der Waals surface area (Å²) in [7, 11) is -4.21. The number of amides is 1. The molecule has 0 unspecified atom stereocenters. The smallest absolute Gasteiger partial charge is 0.416 e. The summed E-state index contributed by atoms with van der Waals surface area (Å²) in [5.41, 5.74) is -0.636. The second-order valence-corrected chi connectivity index (χ2v) is 9.64. The summed E-state index contributed by atoms with van der Waals surface area (Å²) >= 11 is 1.10. The quantitative estimate of drug-likeness (QED) is 0.569. The van der Waals surface area contributed by atoms with E-state index in [4.69, 9.17) is 9.84 Å². The first kappa shape index (κ1) is 23.0. The number of hydrogen-bond donors (Lipinski definition) is 2. The first-order valence-electron chi connectivity index (χ1n) is 9.43. The first-order chi connectivity index (χ1) is 15.6. The monoisotopic (exact) mass is 499 g/mol. The van der Waals surface area contributed by atoms with Gasteiger partial charge in [-0.1, -0.05) is 0 Å². The molecule has 1 aromatic heterocycles. The molecule has 0 radical (unpaired) electrons. The number of carbonyl (C=O) groups excluding carboxylic acids is 1. The SMILES string of the molecule is O=C(Nc1ccc2c(c1)S(=O)(=O)N(c1ccc(C(F)(F)F)cc1)CCO2)c1csc(CO)n1. The Morgan fingerprint density at radius 1 is 1.21 bits per heavy atom. The summed E-state index contributed by atoms with van der Waals surface area (Å²) in [6, 6.07) is 7.84. The zero-order valence-electron chi connectivity index (χ0n) is 16.7. The number of thiazole rings is 1. The van der Waals surface area contributed by atoms with Crippen molar-refractivity contribution in [2.75, 3.05) is 22.8 Å². The van der Waals surface area contributed by atoms with Crippen molar-refractivity contribution in [3.63, 3.8) is 0 Å². The predicted octanol–water partition coefficient (Wildman–Crippen LogP) is 3.49. The van der Waals surface area contributed by atoms with Gasteiger partial charge in [-0.25, -0.2) is 13.4 Å². The molecule has 2 aromatic carbocycles. The minimum atomic E-state index is -4.55. The number of aromatic nitrogens is 1. The van der Waals surface area contributed by atoms with Crippen LogP contribution in [0.15, 0.2) is 52.7 Å². The van der Waals surface area contributed by atoms with E-state index >= 15 is 0 Å². The third-order valence-electron chi connectivity index (χ3n) is 4.72. The molecule has 0 aliphatic carbocycles. The molecule has 1 aliphatic rings. The summed E-state index contributed by atoms with van der Waals surface area (Å²) in [6.07, 6.45) is -4.55. The Hall–Kier alpha value is -3.16. The van der Waals surface area contributed by atoms with Gasteiger partial charge in [0.25, 0.3) is 15.9 Å². The highest BCUT2D eigenvalue weighted by Crippen LogP contribution is 2.36. The van der Waals surface area contributed by atoms with E-state index < -0.39 is 27.7 Å². The fourth-order valence-electron chi connectivity index (χ4n) is 3.15. The van der Waals surface area contributed by atoms with Gasteiger partial charge in [0.15, 0.2) is 0 Å². The van der Waals surface area contributed by atoms with Crippen molar-refractivity contribution in [2.24, 2.45) is 0 Å². The maximum atomic E-state index is 13.3. The summed E-state index contributed by atoms with van der Waals surface area (Å²) in [4.78, 5) is 16.1. The summed E-state index contributed by atoms with van der Waals surface area (Å²) in [6.45, 7) is -0.458. The number of carbonyl (C=O) groups is 1. The largest absolute Gasteiger partial charge is 0.490 e. The molecule has 174 valence electrons. The summed E-state index contributed by atoms with van der Waals surface area (Å²) in [5.74, 6) is -0.545. The van der Waals surface area contributed by atoms with E-state index in [-0.39, 0.29) is 47.5 Å². The molecule has 4 rings (SSSR count). The van der Waals surface area contributed by atoms with Crippen LogP contribution in [0, 0.1) is 0 Å². The lowest BCUT2D eigenvalue weighted by Crippen LogP contribution is -2.32. The number of nitrogens with one attached hydrogen (secondary N) is 1. The van der Waals surface area contributed by atoms with Crippen molar-refractivity contribution in [3.05, 3.63) is 64.1 Å². The van der Waals surface area contributed by atoms with Gasteiger partial charge < -0.3 is 15.2 Å². The molecule has 0 atom stereocenters. The van der Waals surface area contributed by atoms with Gasteiger partial charge in [0, 0.05) is 11.1 Å². The number of ether oxygens (including phenoxy) is 1. The van der Waals surface area contributed by atoms with Gasteiger partial charge in [-0.2, -0.15) is 13.2 Å². The third-order valence-corrected chi connectivity index (χ3v) is 7.41. The average Bonchev–Trinajstić information content (AvgIpc) is 3.21. The standard InChI is InChI=1S/C20H16F3N3O5S2/c21-20(22,23)12-1-4-14(5-2-12)26-7-8-31-16-6-3-13(9-17(16)33(26,29)30)24-19(28)15-11-32-18(10-27)25-15/h1-6,9,11,27H,7-8,10H2,(H,24,28). The van der Waals surface area contributed by atoms with Gasteiger partial charge in [-0.3, -0.25) is 9.10 Å². The Balaban J connectivity index is 1.64. The zero-order chi connectivity index (χ0) is 23.8. The Bertz CT molecular complexity index is 1290. The van der Waals surface area contributed by atoms with Crippen LogP contribution >= 0.6 is 11.3 Å². The number of nitrogens with zero attached hydrogens (tertiary/aromatic N) is 2. The first-order valence-corrected chi connectivity index (χ1v) is 11.7. The van der Waals surface area contributed by atoms with Gasteiger partial charge in [0.2, 0.25) is 0 Å². The Morgan fingerprint density at radius 3 is 2.58 bits per heavy atom. The fraction of sp³-hybridized carbons (Fsp3) is 0.200. The lowest BCUT2D eigenvalue weighted by molar-refractivity contribution is -0.137. The molecule has 0 saturated carbocycles. The molecule has 8 nitrogen and oxygen atoms in total. The summed E-state index contributed by atoms with van der Waals surface area (Å²) in [5, 5.41) is 13.4. The van der Waals surface area contributed by atoms with Crippen molar-refractivity contribution < 1.29 is 36.2 Å². The predicted molar refractivity (Wildman–Crippen MR) is 114 cm³/mol. The molecule has 2 N–H and O–H groups in total. The molecule has 3 aromatic rings. The van der Waals surface area contributed by atoms with Crippen LogP contribution in [0.3, 0.4) is 0 Å². The molecule has 13 heteroatoms. The molecule has 0 fully saturated rings. The normalized spacial score (nSPS) is 15.3. The van der Waals surface area contributed by atoms with E-state index in [1.54, 1.807) is 0 Å². The van der Waals surface area contributed by atoms with Crippen LogP contribution in [-0.2, 0) is 22.8 Å². The minimum Gasteiger partial charge on any atom is -0.490 e. The van der Waals surface area contributed by atoms with Gasteiger partial charge in [0.05, 0.1) is 24.4 Å². The minimum absolute atomic E-state index is 0.0261. The van der Waals surface area contributed by atoms with Crippen LogP contribution in [0.2, 0.25) is 0 Å². The van der Waals surface area contributed by atoms with Gasteiger partial charge in [-0.05, 0) is 42.5 Å². The molecular weight excluding hydrogens is 483 g/mol. The van der Waals surface area contributed by atoms with Crippen LogP contribution in [0.4, 0.5) is 24.5 Å². The van der Waals surface area contributed by atoms with Crippen molar-refractivity contribution >= 4 is 38.6 Å². The molecule has 0 spiro atoms.